The number of fused-ring (bicyclic) bond motifs is 2. The molecule has 2 aromatic rings. The van der Waals surface area contributed by atoms with Crippen molar-refractivity contribution in [3.8, 4) is 0 Å². The molecule has 0 aliphatic heterocycles. The molecule has 2 aromatic carbocycles. The lowest BCUT2D eigenvalue weighted by Gasteiger charge is -2.52. The Labute approximate surface area is 209 Å². The number of hydrogen-bond donors (Lipinski definition) is 3. The molecule has 0 spiro atoms. The molecule has 0 saturated heterocycles. The van der Waals surface area contributed by atoms with Crippen molar-refractivity contribution < 1.29 is 15.0 Å². The third kappa shape index (κ3) is 4.68. The van der Waals surface area contributed by atoms with Crippen LogP contribution in [0.25, 0.3) is 10.8 Å². The third-order valence-corrected chi connectivity index (χ3v) is 10.0. The van der Waals surface area contributed by atoms with Crippen LogP contribution in [-0.2, 0) is 0 Å². The topological polar surface area (TPSA) is 69.6 Å². The summed E-state index contributed by atoms with van der Waals surface area (Å²) in [6, 6.07) is 14.1. The van der Waals surface area contributed by atoms with E-state index in [0.717, 1.165) is 55.7 Å². The summed E-state index contributed by atoms with van der Waals surface area (Å²) < 4.78 is 0. The van der Waals surface area contributed by atoms with Crippen molar-refractivity contribution in [3.05, 3.63) is 60.2 Å². The molecule has 1 amide bonds. The molecule has 35 heavy (non-hydrogen) atoms. The molecule has 188 valence electrons. The predicted molar refractivity (Wildman–Crippen MR) is 141 cm³/mol. The summed E-state index contributed by atoms with van der Waals surface area (Å²) in [5, 5.41) is 25.6. The van der Waals surface area contributed by atoms with E-state index in [-0.39, 0.29) is 24.0 Å². The third-order valence-electron chi connectivity index (χ3n) is 10.0. The highest BCUT2D eigenvalue weighted by molar-refractivity contribution is 5.98. The van der Waals surface area contributed by atoms with Gasteiger partial charge >= 0.3 is 0 Å². The van der Waals surface area contributed by atoms with E-state index < -0.39 is 0 Å². The SMILES string of the molecule is C=C1CC[C@H]2[C@H](CNC(=O)c3ccc4ccccc4c3)[C@@H]([C@@H]3CC[C@H](O)C[C@@H]3CCO)CC[C@]12C. The summed E-state index contributed by atoms with van der Waals surface area (Å²) in [4.78, 5) is 13.3. The first-order valence-corrected chi connectivity index (χ1v) is 13.6. The molecular weight excluding hydrogens is 434 g/mol. The summed E-state index contributed by atoms with van der Waals surface area (Å²) in [5.74, 6) is 2.32. The van der Waals surface area contributed by atoms with Crippen LogP contribution in [0.4, 0.5) is 0 Å². The van der Waals surface area contributed by atoms with Gasteiger partial charge in [-0.1, -0.05) is 49.4 Å². The van der Waals surface area contributed by atoms with Crippen LogP contribution in [0.3, 0.4) is 0 Å². The number of hydrogen-bond acceptors (Lipinski definition) is 3. The van der Waals surface area contributed by atoms with Gasteiger partial charge in [0.25, 0.3) is 5.91 Å². The number of aliphatic hydroxyl groups is 2. The number of benzene rings is 2. The van der Waals surface area contributed by atoms with Crippen LogP contribution in [0.15, 0.2) is 54.6 Å². The Hall–Kier alpha value is -2.17. The maximum Gasteiger partial charge on any atom is 0.251 e. The molecule has 4 nitrogen and oxygen atoms in total. The van der Waals surface area contributed by atoms with Gasteiger partial charge in [0, 0.05) is 18.7 Å². The largest absolute Gasteiger partial charge is 0.396 e. The molecule has 3 N–H and O–H groups in total. The van der Waals surface area contributed by atoms with E-state index in [9.17, 15) is 15.0 Å². The second-order valence-corrected chi connectivity index (χ2v) is 11.7. The Kier molecular flexibility index (Phi) is 7.05. The first kappa shape index (κ1) is 24.5. The van der Waals surface area contributed by atoms with Crippen molar-refractivity contribution in [1.82, 2.24) is 5.32 Å². The number of aliphatic hydroxyl groups excluding tert-OH is 2. The fraction of sp³-hybridized carbons (Fsp3) is 0.581. The molecule has 7 atom stereocenters. The van der Waals surface area contributed by atoms with Crippen LogP contribution in [-0.4, -0.2) is 35.4 Å². The van der Waals surface area contributed by atoms with Gasteiger partial charge in [-0.05, 0) is 109 Å². The maximum atomic E-state index is 13.3. The molecule has 0 aromatic heterocycles. The van der Waals surface area contributed by atoms with E-state index in [1.807, 2.05) is 30.3 Å². The van der Waals surface area contributed by atoms with Crippen molar-refractivity contribution in [3.63, 3.8) is 0 Å². The van der Waals surface area contributed by atoms with Crippen molar-refractivity contribution >= 4 is 16.7 Å². The van der Waals surface area contributed by atoms with Crippen LogP contribution in [0.5, 0.6) is 0 Å². The van der Waals surface area contributed by atoms with Crippen molar-refractivity contribution in [1.29, 1.82) is 0 Å². The number of amides is 1. The predicted octanol–water partition coefficient (Wildman–Crippen LogP) is 5.73. The summed E-state index contributed by atoms with van der Waals surface area (Å²) in [6.45, 7) is 7.73. The molecular formula is C31H41NO3. The van der Waals surface area contributed by atoms with Gasteiger partial charge in [-0.25, -0.2) is 0 Å². The number of nitrogens with one attached hydrogen (secondary N) is 1. The maximum absolute atomic E-state index is 13.3. The lowest BCUT2D eigenvalue weighted by atomic mass is 9.54. The van der Waals surface area contributed by atoms with Gasteiger partial charge in [0.05, 0.1) is 6.10 Å². The second-order valence-electron chi connectivity index (χ2n) is 11.7. The standard InChI is InChI=1S/C31H41NO3/c1-20-7-12-29-28(19-32-30(35)24-9-8-21-5-3-4-6-22(21)17-24)27(13-15-31(20,29)2)26-11-10-25(34)18-23(26)14-16-33/h3-6,8-9,17,23,25-29,33-34H,1,7,10-16,18-19H2,2H3,(H,32,35)/t23-,25-,26+,27+,28+,29-,31+/m0/s1. The van der Waals surface area contributed by atoms with Crippen molar-refractivity contribution in [2.24, 2.45) is 35.0 Å². The Morgan fingerprint density at radius 1 is 1.09 bits per heavy atom. The van der Waals surface area contributed by atoms with E-state index in [0.29, 0.717) is 41.7 Å². The van der Waals surface area contributed by atoms with Crippen LogP contribution < -0.4 is 5.32 Å². The number of carbonyl (C=O) groups is 1. The quantitative estimate of drug-likeness (QED) is 0.468. The highest BCUT2D eigenvalue weighted by Gasteiger charge is 2.53. The van der Waals surface area contributed by atoms with Crippen molar-refractivity contribution in [2.45, 2.75) is 64.4 Å². The average molecular weight is 476 g/mol. The first-order chi connectivity index (χ1) is 16.9. The highest BCUT2D eigenvalue weighted by atomic mass is 16.3. The highest BCUT2D eigenvalue weighted by Crippen LogP contribution is 2.60. The minimum atomic E-state index is -0.242. The van der Waals surface area contributed by atoms with Crippen molar-refractivity contribution in [2.75, 3.05) is 13.2 Å². The zero-order valence-electron chi connectivity index (χ0n) is 21.1. The Bertz CT molecular complexity index is 1080. The van der Waals surface area contributed by atoms with E-state index in [1.54, 1.807) is 0 Å². The Morgan fingerprint density at radius 3 is 2.69 bits per heavy atom. The molecule has 3 aliphatic rings. The minimum absolute atomic E-state index is 0.00424. The van der Waals surface area contributed by atoms with Gasteiger partial charge in [0.15, 0.2) is 0 Å². The van der Waals surface area contributed by atoms with Gasteiger partial charge in [0.1, 0.15) is 0 Å². The van der Waals surface area contributed by atoms with Gasteiger partial charge in [0.2, 0.25) is 0 Å². The van der Waals surface area contributed by atoms with Crippen LogP contribution >= 0.6 is 0 Å². The Balaban J connectivity index is 1.38. The van der Waals surface area contributed by atoms with Gasteiger partial charge in [-0.2, -0.15) is 0 Å². The summed E-state index contributed by atoms with van der Waals surface area (Å²) in [7, 11) is 0. The molecule has 0 heterocycles. The minimum Gasteiger partial charge on any atom is -0.396 e. The van der Waals surface area contributed by atoms with E-state index in [4.69, 9.17) is 0 Å². The molecule has 5 rings (SSSR count). The normalized spacial score (nSPS) is 35.1. The zero-order valence-corrected chi connectivity index (χ0v) is 21.1. The molecule has 3 saturated carbocycles. The van der Waals surface area contributed by atoms with Crippen LogP contribution in [0.2, 0.25) is 0 Å². The number of allylic oxidation sites excluding steroid dienone is 1. The monoisotopic (exact) mass is 475 g/mol. The fourth-order valence-electron chi connectivity index (χ4n) is 8.02. The molecule has 3 aliphatic carbocycles. The number of carbonyl (C=O) groups excluding carboxylic acids is 1. The molecule has 0 bridgehead atoms. The van der Waals surface area contributed by atoms with E-state index in [2.05, 4.69) is 31.0 Å². The van der Waals surface area contributed by atoms with Gasteiger partial charge < -0.3 is 15.5 Å². The van der Waals surface area contributed by atoms with E-state index >= 15 is 0 Å². The second kappa shape index (κ2) is 10.1. The van der Waals surface area contributed by atoms with Gasteiger partial charge in [-0.15, -0.1) is 0 Å². The lowest BCUT2D eigenvalue weighted by Crippen LogP contribution is -2.49. The lowest BCUT2D eigenvalue weighted by molar-refractivity contribution is -0.0282. The summed E-state index contributed by atoms with van der Waals surface area (Å²) in [6.07, 6.45) is 7.76. The smallest absolute Gasteiger partial charge is 0.251 e. The molecule has 4 heteroatoms. The molecule has 3 fully saturated rings. The van der Waals surface area contributed by atoms with E-state index in [1.165, 1.54) is 12.0 Å². The van der Waals surface area contributed by atoms with Crippen LogP contribution in [0, 0.1) is 35.0 Å². The average Bonchev–Trinajstić information content (AvgIpc) is 3.17. The molecule has 0 unspecified atom stereocenters. The number of rotatable bonds is 6. The summed E-state index contributed by atoms with van der Waals surface area (Å²) >= 11 is 0. The Morgan fingerprint density at radius 2 is 1.89 bits per heavy atom. The fourth-order valence-corrected chi connectivity index (χ4v) is 8.02. The summed E-state index contributed by atoms with van der Waals surface area (Å²) in [5.41, 5.74) is 2.27. The van der Waals surface area contributed by atoms with Gasteiger partial charge in [-0.3, -0.25) is 4.79 Å². The van der Waals surface area contributed by atoms with Crippen LogP contribution in [0.1, 0.15) is 68.6 Å². The first-order valence-electron chi connectivity index (χ1n) is 13.6. The zero-order chi connectivity index (χ0) is 24.6. The molecule has 0 radical (unpaired) electrons.